The molecular weight excluding hydrogens is 1100 g/mol. The van der Waals surface area contributed by atoms with E-state index >= 15 is 0 Å². The van der Waals surface area contributed by atoms with Crippen molar-refractivity contribution in [2.24, 2.45) is 33.5 Å². The van der Waals surface area contributed by atoms with Crippen LogP contribution in [0.2, 0.25) is 0 Å². The van der Waals surface area contributed by atoms with Gasteiger partial charge in [0.25, 0.3) is 0 Å². The van der Waals surface area contributed by atoms with Gasteiger partial charge in [0, 0.05) is 55.3 Å². The van der Waals surface area contributed by atoms with Gasteiger partial charge in [-0.1, -0.05) is 179 Å². The van der Waals surface area contributed by atoms with E-state index < -0.39 is 96.8 Å². The van der Waals surface area contributed by atoms with E-state index in [-0.39, 0.29) is 68.8 Å². The molecule has 0 radical (unpaired) electrons. The standard InChI is InChI=1S/C67H98N4O15/c1-48(28-18-14-10-9-11-15-19-29-49(2)66(85)86)64(83)50(3)61(80)38-20-16-12-7-5-6-8-13-17-21-39-62(81)51(4)65(84)63(82)46-59(78)36-26-35-57(76)45-60(79)44-56(75)34-25-33-54(73)42-53(72)31-24-32-55(74)43-58(77)37-27-41-70-67(68)71-47-52-30-22-23-40-69-52/h5-9,11-13,15-26,28-31,34,36,38-40,47-48,50-51,53-64,72-83H,10,14,27,32-33,35,37,41-46H2,1-4H3,(H2,68,70)(H,85,86)/b7-5+,8-6+,11-9+,16-12+,17-13+,19-15+,28-18+,31-24+,34-25+,36-26+,38-20+,39-21-,49-29+,71-47-. The molecule has 0 amide bonds. The minimum atomic E-state index is -1.57. The van der Waals surface area contributed by atoms with Crippen molar-refractivity contribution in [2.45, 2.75) is 178 Å². The number of allylic oxidation sites excluding steroid dienone is 16. The largest absolute Gasteiger partial charge is 0.478 e. The number of rotatable bonds is 44. The maximum Gasteiger partial charge on any atom is 0.331 e. The average molecular weight is 1200 g/mol. The van der Waals surface area contributed by atoms with Crippen LogP contribution in [0.1, 0.15) is 110 Å². The molecule has 0 aliphatic heterocycles. The van der Waals surface area contributed by atoms with Gasteiger partial charge in [0.2, 0.25) is 5.96 Å². The van der Waals surface area contributed by atoms with Gasteiger partial charge in [-0.2, -0.15) is 0 Å². The monoisotopic (exact) mass is 1200 g/mol. The first kappa shape index (κ1) is 77.6. The van der Waals surface area contributed by atoms with E-state index in [0.29, 0.717) is 25.1 Å². The van der Waals surface area contributed by atoms with Crippen LogP contribution in [0.4, 0.5) is 0 Å². The van der Waals surface area contributed by atoms with E-state index in [4.69, 9.17) is 10.8 Å². The molecule has 476 valence electrons. The number of aliphatic hydroxyl groups excluding tert-OH is 12. The zero-order chi connectivity index (χ0) is 64.1. The number of hydrogen-bond acceptors (Lipinski definition) is 16. The molecule has 19 nitrogen and oxygen atoms in total. The Kier molecular flexibility index (Phi) is 43.0. The third-order valence-corrected chi connectivity index (χ3v) is 13.4. The Labute approximate surface area is 508 Å². The summed E-state index contributed by atoms with van der Waals surface area (Å²) in [5, 5.41) is 134. The highest BCUT2D eigenvalue weighted by molar-refractivity contribution is 5.91. The van der Waals surface area contributed by atoms with Crippen molar-refractivity contribution in [3.63, 3.8) is 0 Å². The van der Waals surface area contributed by atoms with Gasteiger partial charge in [0.1, 0.15) is 6.10 Å². The Morgan fingerprint density at radius 1 is 0.558 bits per heavy atom. The summed E-state index contributed by atoms with van der Waals surface area (Å²) in [6.07, 6.45) is 34.8. The number of carboxylic acids is 1. The number of carboxylic acid groups (broad SMARTS) is 1. The number of pyridine rings is 1. The molecule has 15 N–H and O–H groups in total. The van der Waals surface area contributed by atoms with Gasteiger partial charge in [-0.05, 0) is 76.8 Å². The zero-order valence-corrected chi connectivity index (χ0v) is 50.2. The summed E-state index contributed by atoms with van der Waals surface area (Å²) in [6, 6.07) is 5.39. The van der Waals surface area contributed by atoms with Crippen LogP contribution in [-0.2, 0) is 9.59 Å². The molecule has 0 aliphatic rings. The zero-order valence-electron chi connectivity index (χ0n) is 50.2. The number of hydrogen-bond donors (Lipinski definition) is 14. The highest BCUT2D eigenvalue weighted by Crippen LogP contribution is 2.20. The van der Waals surface area contributed by atoms with Gasteiger partial charge in [-0.25, -0.2) is 9.79 Å². The van der Waals surface area contributed by atoms with Crippen molar-refractivity contribution in [1.82, 2.24) is 4.98 Å². The predicted molar refractivity (Wildman–Crippen MR) is 339 cm³/mol. The normalized spacial score (nSPS) is 19.0. The molecule has 0 saturated carbocycles. The number of carbonyl (C=O) groups excluding carboxylic acids is 1. The third-order valence-electron chi connectivity index (χ3n) is 13.4. The van der Waals surface area contributed by atoms with Crippen LogP contribution in [0, 0.1) is 17.8 Å². The summed E-state index contributed by atoms with van der Waals surface area (Å²) >= 11 is 0. The first-order valence-corrected chi connectivity index (χ1v) is 29.4. The Morgan fingerprint density at radius 3 is 1.62 bits per heavy atom. The fourth-order valence-electron chi connectivity index (χ4n) is 8.08. The molecule has 0 saturated heterocycles. The van der Waals surface area contributed by atoms with Crippen LogP contribution in [0.5, 0.6) is 0 Å². The molecule has 0 spiro atoms. The Morgan fingerprint density at radius 2 is 1.06 bits per heavy atom. The maximum absolute atomic E-state index is 12.8. The SMILES string of the molecule is C\C(=C/C=C/C=C/CC/C=C/C(C)C(O)C(C)C(O)/C=C/C=C/C=C/C=C/C=C/C=C\C(O)C(C)C(=O)C(O)CC(O)/C=C/CC(O)CC(O)CC(O)/C=C/CC(O)CC(O)/C=C/CC(O)CC(O)CCCN=C(N)/N=C\c1ccccn1)C(=O)O. The van der Waals surface area contributed by atoms with Gasteiger partial charge in [0.05, 0.1) is 79.1 Å². The molecule has 0 aromatic carbocycles. The van der Waals surface area contributed by atoms with Crippen LogP contribution >= 0.6 is 0 Å². The molecule has 0 bridgehead atoms. The topological polar surface area (TPSA) is 361 Å². The number of ketones is 1. The molecule has 1 aromatic rings. The van der Waals surface area contributed by atoms with Crippen molar-refractivity contribution < 1.29 is 76.0 Å². The number of Topliss-reactive ketones (excluding diaryl/α,β-unsaturated/α-hetero) is 1. The van der Waals surface area contributed by atoms with E-state index in [1.54, 1.807) is 110 Å². The molecule has 1 heterocycles. The third kappa shape index (κ3) is 40.0. The van der Waals surface area contributed by atoms with Crippen LogP contribution in [-0.4, -0.2) is 175 Å². The predicted octanol–water partition coefficient (Wildman–Crippen LogP) is 6.01. The molecule has 1 rings (SSSR count). The smallest absolute Gasteiger partial charge is 0.331 e. The van der Waals surface area contributed by atoms with Gasteiger partial charge in [-0.3, -0.25) is 14.8 Å². The summed E-state index contributed by atoms with van der Waals surface area (Å²) in [4.78, 5) is 35.9. The Bertz CT molecular complexity index is 2490. The number of nitrogens with zero attached hydrogens (tertiary/aromatic N) is 3. The van der Waals surface area contributed by atoms with Gasteiger partial charge in [-0.15, -0.1) is 0 Å². The van der Waals surface area contributed by atoms with Crippen LogP contribution in [0.3, 0.4) is 0 Å². The van der Waals surface area contributed by atoms with E-state index in [0.717, 1.165) is 12.8 Å². The lowest BCUT2D eigenvalue weighted by molar-refractivity contribution is -0.134. The van der Waals surface area contributed by atoms with E-state index in [1.165, 1.54) is 62.6 Å². The number of aliphatic carboxylic acids is 1. The van der Waals surface area contributed by atoms with E-state index in [9.17, 15) is 70.9 Å². The molecule has 0 aliphatic carbocycles. The first-order valence-electron chi connectivity index (χ1n) is 29.4. The highest BCUT2D eigenvalue weighted by atomic mass is 16.4. The molecule has 0 fully saturated rings. The number of aliphatic hydroxyl groups is 12. The number of aromatic nitrogens is 1. The quantitative estimate of drug-likeness (QED) is 0.00888. The second-order valence-corrected chi connectivity index (χ2v) is 21.2. The van der Waals surface area contributed by atoms with Crippen molar-refractivity contribution >= 4 is 23.9 Å². The maximum atomic E-state index is 12.8. The minimum absolute atomic E-state index is 0.0112. The van der Waals surface area contributed by atoms with Gasteiger partial charge < -0.3 is 72.1 Å². The van der Waals surface area contributed by atoms with Crippen LogP contribution in [0.25, 0.3) is 0 Å². The first-order chi connectivity index (χ1) is 41.0. The minimum Gasteiger partial charge on any atom is -0.478 e. The highest BCUT2D eigenvalue weighted by Gasteiger charge is 2.28. The fourth-order valence-corrected chi connectivity index (χ4v) is 8.08. The number of carbonyl (C=O) groups is 2. The summed E-state index contributed by atoms with van der Waals surface area (Å²) < 4.78 is 0. The second kappa shape index (κ2) is 47.7. The lowest BCUT2D eigenvalue weighted by atomic mass is 9.88. The van der Waals surface area contributed by atoms with E-state index in [1.807, 2.05) is 37.3 Å². The van der Waals surface area contributed by atoms with E-state index in [2.05, 4.69) is 15.0 Å². The van der Waals surface area contributed by atoms with Gasteiger partial charge in [0.15, 0.2) is 5.78 Å². The average Bonchev–Trinajstić information content (AvgIpc) is 3.55. The lowest BCUT2D eigenvalue weighted by Crippen LogP contribution is -2.35. The Balaban J connectivity index is 2.33. The second-order valence-electron chi connectivity index (χ2n) is 21.2. The number of aliphatic imine (C=N–C) groups is 2. The van der Waals surface area contributed by atoms with Crippen molar-refractivity contribution in [3.8, 4) is 0 Å². The number of nitrogens with two attached hydrogens (primary N) is 1. The molecule has 15 unspecified atom stereocenters. The number of guanidine groups is 1. The van der Waals surface area contributed by atoms with Crippen molar-refractivity contribution in [2.75, 3.05) is 6.54 Å². The summed E-state index contributed by atoms with van der Waals surface area (Å²) in [5.74, 6) is -3.07. The summed E-state index contributed by atoms with van der Waals surface area (Å²) in [5.41, 5.74) is 6.69. The lowest BCUT2D eigenvalue weighted by Gasteiger charge is -2.25. The van der Waals surface area contributed by atoms with Crippen LogP contribution < -0.4 is 5.73 Å². The van der Waals surface area contributed by atoms with Crippen molar-refractivity contribution in [1.29, 1.82) is 0 Å². The summed E-state index contributed by atoms with van der Waals surface area (Å²) in [6.45, 7) is 7.02. The fraction of sp³-hybridized carbons (Fsp3) is 0.478. The summed E-state index contributed by atoms with van der Waals surface area (Å²) in [7, 11) is 0. The molecule has 15 atom stereocenters. The van der Waals surface area contributed by atoms with Crippen molar-refractivity contribution in [3.05, 3.63) is 188 Å². The van der Waals surface area contributed by atoms with Gasteiger partial charge >= 0.3 is 5.97 Å². The molecule has 19 heteroatoms. The van der Waals surface area contributed by atoms with Crippen LogP contribution in [0.15, 0.2) is 192 Å². The number of unbranched alkanes of at least 4 members (excludes halogenated alkanes) is 1. The Hall–Kier alpha value is -6.43. The molecular formula is C67H98N4O15. The molecule has 1 aromatic heterocycles. The molecule has 86 heavy (non-hydrogen) atoms.